The van der Waals surface area contributed by atoms with Crippen molar-refractivity contribution in [2.45, 2.75) is 13.8 Å². The van der Waals surface area contributed by atoms with Crippen molar-refractivity contribution in [3.05, 3.63) is 17.0 Å². The van der Waals surface area contributed by atoms with Crippen molar-refractivity contribution in [2.24, 2.45) is 5.92 Å². The molecule has 5 nitrogen and oxygen atoms in total. The van der Waals surface area contributed by atoms with Crippen LogP contribution in [0.5, 0.6) is 0 Å². The van der Waals surface area contributed by atoms with Crippen LogP contribution in [0.15, 0.2) is 11.8 Å². The van der Waals surface area contributed by atoms with E-state index >= 15 is 0 Å². The van der Waals surface area contributed by atoms with Crippen LogP contribution >= 0.6 is 0 Å². The fourth-order valence-electron chi connectivity index (χ4n) is 0.898. The van der Waals surface area contributed by atoms with Crippen LogP contribution in [0.2, 0.25) is 0 Å². The van der Waals surface area contributed by atoms with E-state index in [2.05, 4.69) is 4.74 Å². The summed E-state index contributed by atoms with van der Waals surface area (Å²) in [4.78, 5) is 10.9. The molecular formula is C10H17NO4. The summed E-state index contributed by atoms with van der Waals surface area (Å²) in [5.41, 5.74) is 0. The molecule has 0 aliphatic rings. The molecule has 0 N–H and O–H groups in total. The quantitative estimate of drug-likeness (QED) is 0.130. The molecule has 0 atom stereocenters. The van der Waals surface area contributed by atoms with E-state index in [9.17, 15) is 10.0 Å². The highest BCUT2D eigenvalue weighted by atomic mass is 16.5. The Labute approximate surface area is 89.6 Å². The Balaban J connectivity index is 4.46. The third kappa shape index (κ3) is 6.54. The van der Waals surface area contributed by atoms with Crippen molar-refractivity contribution < 1.29 is 19.0 Å². The van der Waals surface area contributed by atoms with Gasteiger partial charge in [0, 0.05) is 5.92 Å². The molecule has 0 heterocycles. The number of rotatable bonds is 5. The molecule has 0 fully saturated rings. The van der Waals surface area contributed by atoms with Gasteiger partial charge in [-0.05, 0) is 0 Å². The van der Waals surface area contributed by atoms with Gasteiger partial charge in [-0.3, -0.25) is 0 Å². The van der Waals surface area contributed by atoms with E-state index in [1.807, 2.05) is 13.8 Å². The van der Waals surface area contributed by atoms with E-state index < -0.39 is 5.97 Å². The smallest absolute Gasteiger partial charge is 0.334 e. The summed E-state index contributed by atoms with van der Waals surface area (Å²) in [7, 11) is 2.67. The molecule has 0 aromatic rings. The Morgan fingerprint density at radius 1 is 1.40 bits per heavy atom. The lowest BCUT2D eigenvalue weighted by Crippen LogP contribution is -2.14. The second-order valence-corrected chi connectivity index (χ2v) is 3.31. The van der Waals surface area contributed by atoms with Gasteiger partial charge in [0.25, 0.3) is 0 Å². The first-order chi connectivity index (χ1) is 6.99. The topological polar surface area (TPSA) is 61.6 Å². The molecule has 0 spiro atoms. The predicted molar refractivity (Wildman–Crippen MR) is 56.5 cm³/mol. The molecule has 0 aliphatic heterocycles. The number of ether oxygens (including phenoxy) is 2. The van der Waals surface area contributed by atoms with Crippen molar-refractivity contribution in [2.75, 3.05) is 20.8 Å². The van der Waals surface area contributed by atoms with Crippen molar-refractivity contribution in [1.29, 1.82) is 0 Å². The van der Waals surface area contributed by atoms with Gasteiger partial charge >= 0.3 is 5.97 Å². The Bertz CT molecular complexity index is 269. The van der Waals surface area contributed by atoms with Crippen molar-refractivity contribution >= 4 is 12.2 Å². The van der Waals surface area contributed by atoms with Crippen LogP contribution in [0, 0.1) is 11.1 Å². The summed E-state index contributed by atoms with van der Waals surface area (Å²) in [5, 5.41) is 11.3. The SMILES string of the molecule is COC(=O)/C=C(/C/[N+]([O-])=C/C(C)C)OC. The largest absolute Gasteiger partial charge is 0.624 e. The van der Waals surface area contributed by atoms with Gasteiger partial charge in [-0.25, -0.2) is 9.53 Å². The van der Waals surface area contributed by atoms with E-state index in [0.717, 1.165) is 10.8 Å². The third-order valence-corrected chi connectivity index (χ3v) is 1.52. The Morgan fingerprint density at radius 2 is 2.00 bits per heavy atom. The molecule has 0 aromatic heterocycles. The lowest BCUT2D eigenvalue weighted by Gasteiger charge is -2.07. The number of hydrogen-bond donors (Lipinski definition) is 0. The van der Waals surface area contributed by atoms with Crippen LogP contribution in [-0.2, 0) is 14.3 Å². The molecule has 0 saturated heterocycles. The number of methoxy groups -OCH3 is 2. The molecule has 0 amide bonds. The van der Waals surface area contributed by atoms with Crippen LogP contribution < -0.4 is 0 Å². The van der Waals surface area contributed by atoms with Gasteiger partial charge in [-0.2, -0.15) is 0 Å². The second-order valence-electron chi connectivity index (χ2n) is 3.31. The minimum atomic E-state index is -0.537. The molecular weight excluding hydrogens is 198 g/mol. The Kier molecular flexibility index (Phi) is 6.17. The third-order valence-electron chi connectivity index (χ3n) is 1.52. The average Bonchev–Trinajstić information content (AvgIpc) is 2.15. The van der Waals surface area contributed by atoms with E-state index in [0.29, 0.717) is 0 Å². The zero-order chi connectivity index (χ0) is 11.8. The van der Waals surface area contributed by atoms with Crippen LogP contribution in [0.1, 0.15) is 13.8 Å². The molecule has 5 heteroatoms. The second kappa shape index (κ2) is 6.86. The van der Waals surface area contributed by atoms with Gasteiger partial charge < -0.3 is 14.7 Å². The monoisotopic (exact) mass is 215 g/mol. The van der Waals surface area contributed by atoms with Gasteiger partial charge in [0.1, 0.15) is 0 Å². The number of esters is 1. The summed E-state index contributed by atoms with van der Waals surface area (Å²) in [6.45, 7) is 3.78. The number of hydrogen-bond acceptors (Lipinski definition) is 4. The van der Waals surface area contributed by atoms with Crippen LogP contribution in [0.4, 0.5) is 0 Å². The Hall–Kier alpha value is -1.52. The first-order valence-electron chi connectivity index (χ1n) is 4.60. The number of carbonyl (C=O) groups is 1. The minimum Gasteiger partial charge on any atom is -0.624 e. The summed E-state index contributed by atoms with van der Waals surface area (Å²) in [5.74, 6) is -0.114. The number of hydroxylamine groups is 1. The van der Waals surface area contributed by atoms with Gasteiger partial charge in [0.15, 0.2) is 12.0 Å². The summed E-state index contributed by atoms with van der Waals surface area (Å²) in [6.07, 6.45) is 2.66. The maximum absolute atomic E-state index is 11.3. The van der Waals surface area contributed by atoms with Gasteiger partial charge in [-0.15, -0.1) is 0 Å². The van der Waals surface area contributed by atoms with Crippen molar-refractivity contribution in [3.8, 4) is 0 Å². The predicted octanol–water partition coefficient (Wildman–Crippen LogP) is 0.927. The first-order valence-corrected chi connectivity index (χ1v) is 4.60. The normalized spacial score (nSPS) is 12.9. The molecule has 0 unspecified atom stereocenters. The maximum atomic E-state index is 11.3. The molecule has 0 aliphatic carbocycles. The molecule has 0 radical (unpaired) electrons. The lowest BCUT2D eigenvalue weighted by atomic mass is 10.2. The maximum Gasteiger partial charge on any atom is 0.334 e. The molecule has 0 rings (SSSR count). The minimum absolute atomic E-state index is 0.00375. The summed E-state index contributed by atoms with van der Waals surface area (Å²) >= 11 is 0. The van der Waals surface area contributed by atoms with Crippen LogP contribution in [-0.4, -0.2) is 37.7 Å². The molecule has 0 bridgehead atoms. The molecule has 0 aromatic carbocycles. The average molecular weight is 215 g/mol. The Morgan fingerprint density at radius 3 is 2.40 bits per heavy atom. The summed E-state index contributed by atoms with van der Waals surface area (Å²) in [6, 6.07) is 0. The van der Waals surface area contributed by atoms with E-state index in [1.165, 1.54) is 20.4 Å². The zero-order valence-corrected chi connectivity index (χ0v) is 9.52. The molecule has 15 heavy (non-hydrogen) atoms. The van der Waals surface area contributed by atoms with Crippen molar-refractivity contribution in [1.82, 2.24) is 0 Å². The van der Waals surface area contributed by atoms with E-state index in [-0.39, 0.29) is 18.2 Å². The highest BCUT2D eigenvalue weighted by Gasteiger charge is 2.06. The van der Waals surface area contributed by atoms with E-state index in [4.69, 9.17) is 4.74 Å². The molecule has 0 saturated carbocycles. The van der Waals surface area contributed by atoms with Gasteiger partial charge in [0.2, 0.25) is 6.54 Å². The van der Waals surface area contributed by atoms with Gasteiger partial charge in [-0.1, -0.05) is 13.8 Å². The first kappa shape index (κ1) is 13.5. The standard InChI is InChI=1S/C10H17NO4/c1-8(2)6-11(13)7-9(14-3)5-10(12)15-4/h5-6,8H,7H2,1-4H3/b9-5-,11-6-. The molecule has 86 valence electrons. The fraction of sp³-hybridized carbons (Fsp3) is 0.600. The number of nitrogens with zero attached hydrogens (tertiary/aromatic N) is 1. The van der Waals surface area contributed by atoms with Crippen LogP contribution in [0.25, 0.3) is 0 Å². The fourth-order valence-corrected chi connectivity index (χ4v) is 0.898. The van der Waals surface area contributed by atoms with Crippen LogP contribution in [0.3, 0.4) is 0 Å². The summed E-state index contributed by atoms with van der Waals surface area (Å²) < 4.78 is 10.0. The number of carbonyl (C=O) groups excluding carboxylic acids is 1. The highest BCUT2D eigenvalue weighted by molar-refractivity contribution is 5.82. The zero-order valence-electron chi connectivity index (χ0n) is 9.52. The lowest BCUT2D eigenvalue weighted by molar-refractivity contribution is -0.449. The van der Waals surface area contributed by atoms with Gasteiger partial charge in [0.05, 0.1) is 20.3 Å². The van der Waals surface area contributed by atoms with Crippen molar-refractivity contribution in [3.63, 3.8) is 0 Å². The van der Waals surface area contributed by atoms with E-state index in [1.54, 1.807) is 0 Å². The highest BCUT2D eigenvalue weighted by Crippen LogP contribution is 1.97.